The first-order valence-corrected chi connectivity index (χ1v) is 7.26. The molecule has 1 aliphatic heterocycles. The van der Waals surface area contributed by atoms with Gasteiger partial charge in [0.25, 0.3) is 0 Å². The molecule has 0 aromatic rings. The molecule has 0 spiro atoms. The van der Waals surface area contributed by atoms with Crippen LogP contribution in [0.3, 0.4) is 0 Å². The van der Waals surface area contributed by atoms with Crippen molar-refractivity contribution in [2.24, 2.45) is 0 Å². The highest BCUT2D eigenvalue weighted by Gasteiger charge is 2.33. The minimum absolute atomic E-state index is 0.647. The highest BCUT2D eigenvalue weighted by atomic mass is 32.2. The van der Waals surface area contributed by atoms with Gasteiger partial charge in [-0.25, -0.2) is 0 Å². The van der Waals surface area contributed by atoms with Crippen LogP contribution >= 0.6 is 0 Å². The third-order valence-corrected chi connectivity index (χ3v) is 3.88. The highest BCUT2D eigenvalue weighted by Crippen LogP contribution is 2.29. The molecule has 2 rings (SSSR count). The molecule has 82 valence electrons. The topological polar surface area (TPSA) is 32.3 Å². The molecule has 14 heavy (non-hydrogen) atoms. The largest absolute Gasteiger partial charge is 0.312 e. The van der Waals surface area contributed by atoms with Crippen molar-refractivity contribution in [2.45, 2.75) is 31.3 Å². The molecule has 4 heteroatoms. The number of nitrogens with one attached hydrogen (secondary N) is 1. The average molecular weight is 216 g/mol. The van der Waals surface area contributed by atoms with Gasteiger partial charge >= 0.3 is 0 Å². The summed E-state index contributed by atoms with van der Waals surface area (Å²) in [6.45, 7) is 3.38. The van der Waals surface area contributed by atoms with Crippen LogP contribution in [0, 0.1) is 0 Å². The van der Waals surface area contributed by atoms with E-state index in [1.165, 1.54) is 32.4 Å². The first kappa shape index (κ1) is 10.6. The van der Waals surface area contributed by atoms with E-state index in [2.05, 4.69) is 10.2 Å². The van der Waals surface area contributed by atoms with Crippen LogP contribution in [0.15, 0.2) is 0 Å². The molecule has 2 fully saturated rings. The summed E-state index contributed by atoms with van der Waals surface area (Å²) < 4.78 is 10.9. The first-order chi connectivity index (χ1) is 6.75. The lowest BCUT2D eigenvalue weighted by Gasteiger charge is -2.15. The van der Waals surface area contributed by atoms with Crippen molar-refractivity contribution in [3.8, 4) is 0 Å². The van der Waals surface area contributed by atoms with Gasteiger partial charge in [0, 0.05) is 54.5 Å². The van der Waals surface area contributed by atoms with Crippen molar-refractivity contribution >= 4 is 10.8 Å². The Kier molecular flexibility index (Phi) is 3.57. The summed E-state index contributed by atoms with van der Waals surface area (Å²) in [6, 6.07) is 1.56. The lowest BCUT2D eigenvalue weighted by molar-refractivity contribution is 0.318. The number of hydrogen-bond donors (Lipinski definition) is 1. The van der Waals surface area contributed by atoms with Crippen molar-refractivity contribution in [3.63, 3.8) is 0 Å². The predicted octanol–water partition coefficient (Wildman–Crippen LogP) is 0.191. The minimum Gasteiger partial charge on any atom is -0.312 e. The number of hydrogen-bond acceptors (Lipinski definition) is 3. The van der Waals surface area contributed by atoms with Crippen LogP contribution in [0.4, 0.5) is 0 Å². The maximum atomic E-state index is 10.9. The SMILES string of the molecule is CS(=O)CCNC1CCN(C2CC2)C1. The van der Waals surface area contributed by atoms with Crippen LogP contribution in [0.25, 0.3) is 0 Å². The summed E-state index contributed by atoms with van der Waals surface area (Å²) in [4.78, 5) is 2.60. The fourth-order valence-electron chi connectivity index (χ4n) is 2.13. The van der Waals surface area contributed by atoms with E-state index >= 15 is 0 Å². The van der Waals surface area contributed by atoms with Crippen LogP contribution in [0.5, 0.6) is 0 Å². The van der Waals surface area contributed by atoms with Gasteiger partial charge in [-0.05, 0) is 19.3 Å². The summed E-state index contributed by atoms with van der Waals surface area (Å²) in [6.07, 6.45) is 5.86. The second kappa shape index (κ2) is 4.73. The van der Waals surface area contributed by atoms with Gasteiger partial charge < -0.3 is 5.32 Å². The average Bonchev–Trinajstić information content (AvgIpc) is 2.87. The van der Waals surface area contributed by atoms with E-state index in [1.807, 2.05) is 0 Å². The smallest absolute Gasteiger partial charge is 0.0357 e. The van der Waals surface area contributed by atoms with Gasteiger partial charge in [-0.1, -0.05) is 0 Å². The van der Waals surface area contributed by atoms with Crippen molar-refractivity contribution < 1.29 is 4.21 Å². The van der Waals surface area contributed by atoms with E-state index in [9.17, 15) is 4.21 Å². The summed E-state index contributed by atoms with van der Waals surface area (Å²) in [5.41, 5.74) is 0. The van der Waals surface area contributed by atoms with E-state index in [0.717, 1.165) is 18.3 Å². The van der Waals surface area contributed by atoms with Crippen LogP contribution < -0.4 is 5.32 Å². The Labute approximate surface area is 88.7 Å². The van der Waals surface area contributed by atoms with Gasteiger partial charge in [0.05, 0.1) is 0 Å². The van der Waals surface area contributed by atoms with Crippen molar-refractivity contribution in [3.05, 3.63) is 0 Å². The quantitative estimate of drug-likeness (QED) is 0.712. The Morgan fingerprint density at radius 2 is 2.21 bits per heavy atom. The van der Waals surface area contributed by atoms with Gasteiger partial charge in [-0.15, -0.1) is 0 Å². The van der Waals surface area contributed by atoms with Gasteiger partial charge in [-0.2, -0.15) is 0 Å². The molecular weight excluding hydrogens is 196 g/mol. The predicted molar refractivity (Wildman–Crippen MR) is 59.9 cm³/mol. The molecule has 0 aromatic carbocycles. The molecule has 1 N–H and O–H groups in total. The molecule has 2 aliphatic rings. The van der Waals surface area contributed by atoms with E-state index in [1.54, 1.807) is 6.26 Å². The van der Waals surface area contributed by atoms with Crippen molar-refractivity contribution in [1.29, 1.82) is 0 Å². The molecule has 1 heterocycles. The van der Waals surface area contributed by atoms with Crippen molar-refractivity contribution in [2.75, 3.05) is 31.6 Å². The standard InChI is InChI=1S/C10H20N2OS/c1-14(13)7-5-11-9-4-6-12(8-9)10-2-3-10/h9-11H,2-8H2,1H3. The zero-order valence-electron chi connectivity index (χ0n) is 8.87. The monoisotopic (exact) mass is 216 g/mol. The van der Waals surface area contributed by atoms with E-state index in [4.69, 9.17) is 0 Å². The molecular formula is C10H20N2OS. The molecule has 1 saturated carbocycles. The Balaban J connectivity index is 1.60. The van der Waals surface area contributed by atoms with Crippen LogP contribution in [0.2, 0.25) is 0 Å². The molecule has 0 radical (unpaired) electrons. The Bertz CT molecular complexity index is 218. The van der Waals surface area contributed by atoms with Crippen LogP contribution in [-0.2, 0) is 10.8 Å². The zero-order chi connectivity index (χ0) is 9.97. The molecule has 1 saturated heterocycles. The molecule has 0 aromatic heterocycles. The van der Waals surface area contributed by atoms with Gasteiger partial charge in [0.2, 0.25) is 0 Å². The lowest BCUT2D eigenvalue weighted by atomic mass is 10.3. The fourth-order valence-corrected chi connectivity index (χ4v) is 2.54. The summed E-state index contributed by atoms with van der Waals surface area (Å²) >= 11 is 0. The highest BCUT2D eigenvalue weighted by molar-refractivity contribution is 7.84. The van der Waals surface area contributed by atoms with E-state index in [-0.39, 0.29) is 0 Å². The Morgan fingerprint density at radius 1 is 1.43 bits per heavy atom. The fraction of sp³-hybridized carbons (Fsp3) is 1.00. The maximum absolute atomic E-state index is 10.9. The van der Waals surface area contributed by atoms with E-state index < -0.39 is 10.8 Å². The van der Waals surface area contributed by atoms with Gasteiger partial charge in [0.1, 0.15) is 0 Å². The summed E-state index contributed by atoms with van der Waals surface area (Å²) in [5.74, 6) is 0.792. The third kappa shape index (κ3) is 3.04. The molecule has 0 bridgehead atoms. The summed E-state index contributed by atoms with van der Waals surface area (Å²) in [7, 11) is -0.647. The molecule has 2 atom stereocenters. The van der Waals surface area contributed by atoms with E-state index in [0.29, 0.717) is 6.04 Å². The molecule has 0 amide bonds. The number of rotatable bonds is 5. The van der Waals surface area contributed by atoms with Gasteiger partial charge in [0.15, 0.2) is 0 Å². The Hall–Kier alpha value is 0.0700. The first-order valence-electron chi connectivity index (χ1n) is 5.53. The van der Waals surface area contributed by atoms with Gasteiger partial charge in [-0.3, -0.25) is 9.11 Å². The Morgan fingerprint density at radius 3 is 2.86 bits per heavy atom. The molecule has 1 aliphatic carbocycles. The second-order valence-corrected chi connectivity index (χ2v) is 6.00. The van der Waals surface area contributed by atoms with Crippen LogP contribution in [0.1, 0.15) is 19.3 Å². The number of nitrogens with zero attached hydrogens (tertiary/aromatic N) is 1. The normalized spacial score (nSPS) is 30.8. The van der Waals surface area contributed by atoms with Crippen LogP contribution in [-0.4, -0.2) is 52.8 Å². The summed E-state index contributed by atoms with van der Waals surface area (Å²) in [5, 5.41) is 3.49. The second-order valence-electron chi connectivity index (χ2n) is 4.44. The van der Waals surface area contributed by atoms with Crippen molar-refractivity contribution in [1.82, 2.24) is 10.2 Å². The zero-order valence-corrected chi connectivity index (χ0v) is 9.68. The minimum atomic E-state index is -0.647. The lowest BCUT2D eigenvalue weighted by Crippen LogP contribution is -2.35. The third-order valence-electron chi connectivity index (χ3n) is 3.11. The maximum Gasteiger partial charge on any atom is 0.0357 e. The number of likely N-dealkylation sites (tertiary alicyclic amines) is 1. The molecule has 3 nitrogen and oxygen atoms in total. The molecule has 2 unspecified atom stereocenters.